The number of anilines is 1. The van der Waals surface area contributed by atoms with Crippen LogP contribution in [0, 0.1) is 5.92 Å². The van der Waals surface area contributed by atoms with Gasteiger partial charge in [0.25, 0.3) is 5.91 Å². The Morgan fingerprint density at radius 1 is 1.03 bits per heavy atom. The van der Waals surface area contributed by atoms with E-state index < -0.39 is 15.8 Å². The zero-order valence-corrected chi connectivity index (χ0v) is 17.7. The fourth-order valence-corrected chi connectivity index (χ4v) is 6.01. The first-order valence-corrected chi connectivity index (χ1v) is 12.1. The lowest BCUT2D eigenvalue weighted by Gasteiger charge is -2.35. The molecule has 29 heavy (non-hydrogen) atoms. The Bertz CT molecular complexity index is 911. The summed E-state index contributed by atoms with van der Waals surface area (Å²) in [6.45, 7) is 3.22. The van der Waals surface area contributed by atoms with E-state index >= 15 is 0 Å². The molecule has 2 amide bonds. The Labute approximate surface area is 174 Å². The van der Waals surface area contributed by atoms with Crippen molar-refractivity contribution in [1.82, 2.24) is 19.8 Å². The first kappa shape index (κ1) is 20.3. The van der Waals surface area contributed by atoms with Gasteiger partial charge in [-0.15, -0.1) is 0 Å². The zero-order chi connectivity index (χ0) is 20.6. The second kappa shape index (κ2) is 8.06. The van der Waals surface area contributed by atoms with Gasteiger partial charge in [-0.05, 0) is 19.3 Å². The maximum absolute atomic E-state index is 13.0. The van der Waals surface area contributed by atoms with Crippen molar-refractivity contribution >= 4 is 39.2 Å². The molecule has 0 bridgehead atoms. The highest BCUT2D eigenvalue weighted by molar-refractivity contribution is 7.91. The highest BCUT2D eigenvalue weighted by Crippen LogP contribution is 2.23. The Morgan fingerprint density at radius 3 is 2.31 bits per heavy atom. The highest BCUT2D eigenvalue weighted by Gasteiger charge is 2.37. The number of rotatable bonds is 3. The number of amides is 2. The second-order valence-corrected chi connectivity index (χ2v) is 10.4. The van der Waals surface area contributed by atoms with E-state index in [9.17, 15) is 18.0 Å². The second-order valence-electron chi connectivity index (χ2n) is 7.78. The predicted octanol–water partition coefficient (Wildman–Crippen LogP) is 0.449. The lowest BCUT2D eigenvalue weighted by atomic mass is 10.1. The summed E-state index contributed by atoms with van der Waals surface area (Å²) in [7, 11) is -3.10. The molecule has 0 N–H and O–H groups in total. The van der Waals surface area contributed by atoms with Crippen molar-refractivity contribution in [2.24, 2.45) is 5.92 Å². The molecule has 3 fully saturated rings. The molecule has 11 heteroatoms. The molecule has 4 rings (SSSR count). The van der Waals surface area contributed by atoms with Crippen LogP contribution in [0.2, 0.25) is 5.02 Å². The van der Waals surface area contributed by atoms with Crippen molar-refractivity contribution in [1.29, 1.82) is 0 Å². The Hall–Kier alpha value is -1.94. The molecular formula is C18H24ClN5O4S. The first-order valence-electron chi connectivity index (χ1n) is 9.90. The summed E-state index contributed by atoms with van der Waals surface area (Å²) in [5.74, 6) is -0.329. The Kier molecular flexibility index (Phi) is 5.65. The van der Waals surface area contributed by atoms with E-state index in [0.717, 1.165) is 25.9 Å². The number of halogens is 1. The minimum atomic E-state index is -3.10. The van der Waals surface area contributed by atoms with E-state index in [2.05, 4.69) is 9.97 Å². The standard InChI is InChI=1S/C18H24ClN5O4S/c19-14-11-20-18(24-4-1-2-5-24)21-15(14)17(26)23-8-6-22(7-9-23)16(25)13-3-10-29(27,28)12-13/h11,13H,1-10,12H2/t13-/m1/s1. The average molecular weight is 442 g/mol. The van der Waals surface area contributed by atoms with Gasteiger partial charge in [-0.3, -0.25) is 9.59 Å². The summed E-state index contributed by atoms with van der Waals surface area (Å²) >= 11 is 6.20. The predicted molar refractivity (Wildman–Crippen MR) is 108 cm³/mol. The number of hydrogen-bond donors (Lipinski definition) is 0. The summed E-state index contributed by atoms with van der Waals surface area (Å²) in [4.78, 5) is 39.5. The monoisotopic (exact) mass is 441 g/mol. The zero-order valence-electron chi connectivity index (χ0n) is 16.1. The van der Waals surface area contributed by atoms with Crippen molar-refractivity contribution in [2.45, 2.75) is 19.3 Å². The normalized spacial score (nSPS) is 24.2. The largest absolute Gasteiger partial charge is 0.341 e. The average Bonchev–Trinajstić information content (AvgIpc) is 3.37. The molecule has 0 spiro atoms. The van der Waals surface area contributed by atoms with Crippen LogP contribution in [0.25, 0.3) is 0 Å². The maximum atomic E-state index is 13.0. The topological polar surface area (TPSA) is 104 Å². The summed E-state index contributed by atoms with van der Waals surface area (Å²) in [5, 5.41) is 0.215. The van der Waals surface area contributed by atoms with Crippen LogP contribution in [-0.4, -0.2) is 90.8 Å². The third-order valence-electron chi connectivity index (χ3n) is 5.78. The van der Waals surface area contributed by atoms with Gasteiger partial charge in [0.15, 0.2) is 15.5 Å². The highest BCUT2D eigenvalue weighted by atomic mass is 35.5. The minimum Gasteiger partial charge on any atom is -0.341 e. The van der Waals surface area contributed by atoms with Gasteiger partial charge in [-0.2, -0.15) is 0 Å². The maximum Gasteiger partial charge on any atom is 0.274 e. The van der Waals surface area contributed by atoms with Crippen molar-refractivity contribution in [3.8, 4) is 0 Å². The smallest absolute Gasteiger partial charge is 0.274 e. The van der Waals surface area contributed by atoms with Crippen LogP contribution in [0.15, 0.2) is 6.20 Å². The van der Waals surface area contributed by atoms with Crippen LogP contribution >= 0.6 is 11.6 Å². The van der Waals surface area contributed by atoms with E-state index in [4.69, 9.17) is 11.6 Å². The summed E-state index contributed by atoms with van der Waals surface area (Å²) < 4.78 is 23.3. The van der Waals surface area contributed by atoms with Crippen molar-refractivity contribution in [3.05, 3.63) is 16.9 Å². The van der Waals surface area contributed by atoms with Crippen LogP contribution < -0.4 is 4.90 Å². The van der Waals surface area contributed by atoms with Crippen molar-refractivity contribution < 1.29 is 18.0 Å². The quantitative estimate of drug-likeness (QED) is 0.670. The molecule has 4 heterocycles. The number of nitrogens with zero attached hydrogens (tertiary/aromatic N) is 5. The van der Waals surface area contributed by atoms with E-state index in [-0.39, 0.29) is 34.0 Å². The first-order chi connectivity index (χ1) is 13.8. The molecule has 1 aromatic rings. The van der Waals surface area contributed by atoms with Gasteiger partial charge >= 0.3 is 0 Å². The van der Waals surface area contributed by atoms with Crippen LogP contribution in [0.4, 0.5) is 5.95 Å². The lowest BCUT2D eigenvalue weighted by Crippen LogP contribution is -2.52. The molecule has 0 aromatic carbocycles. The van der Waals surface area contributed by atoms with E-state index in [1.807, 2.05) is 4.90 Å². The Balaban J connectivity index is 1.39. The molecule has 0 radical (unpaired) electrons. The number of carbonyl (C=O) groups excluding carboxylic acids is 2. The van der Waals surface area contributed by atoms with Gasteiger partial charge in [0.05, 0.1) is 28.6 Å². The van der Waals surface area contributed by atoms with E-state index in [0.29, 0.717) is 38.5 Å². The summed E-state index contributed by atoms with van der Waals surface area (Å²) in [5.41, 5.74) is 0.185. The van der Waals surface area contributed by atoms with Gasteiger partial charge in [-0.25, -0.2) is 18.4 Å². The van der Waals surface area contributed by atoms with Gasteiger partial charge in [0.1, 0.15) is 0 Å². The SMILES string of the molecule is O=C(c1nc(N2CCCC2)ncc1Cl)N1CCN(C(=O)[C@@H]2CCS(=O)(=O)C2)CC1. The van der Waals surface area contributed by atoms with E-state index in [1.54, 1.807) is 9.80 Å². The molecule has 158 valence electrons. The molecule has 3 saturated heterocycles. The molecule has 3 aliphatic rings. The number of hydrogen-bond acceptors (Lipinski definition) is 7. The molecular weight excluding hydrogens is 418 g/mol. The van der Waals surface area contributed by atoms with Gasteiger partial charge in [0, 0.05) is 39.3 Å². The molecule has 1 aromatic heterocycles. The molecule has 9 nitrogen and oxygen atoms in total. The number of aromatic nitrogens is 2. The number of piperazine rings is 1. The van der Waals surface area contributed by atoms with Crippen LogP contribution in [0.3, 0.4) is 0 Å². The summed E-state index contributed by atoms with van der Waals surface area (Å²) in [6.07, 6.45) is 4.01. The van der Waals surface area contributed by atoms with Gasteiger partial charge in [0.2, 0.25) is 11.9 Å². The fourth-order valence-electron chi connectivity index (χ4n) is 4.10. The third kappa shape index (κ3) is 4.32. The van der Waals surface area contributed by atoms with Crippen LogP contribution in [0.1, 0.15) is 29.8 Å². The molecule has 0 unspecified atom stereocenters. The van der Waals surface area contributed by atoms with Gasteiger partial charge < -0.3 is 14.7 Å². The molecule has 1 atom stereocenters. The van der Waals surface area contributed by atoms with Crippen molar-refractivity contribution in [3.63, 3.8) is 0 Å². The number of carbonyl (C=O) groups is 2. The summed E-state index contributed by atoms with van der Waals surface area (Å²) in [6, 6.07) is 0. The molecule has 3 aliphatic heterocycles. The Morgan fingerprint density at radius 2 is 1.69 bits per heavy atom. The van der Waals surface area contributed by atoms with Crippen LogP contribution in [-0.2, 0) is 14.6 Å². The fraction of sp³-hybridized carbons (Fsp3) is 0.667. The van der Waals surface area contributed by atoms with Crippen molar-refractivity contribution in [2.75, 3.05) is 55.7 Å². The van der Waals surface area contributed by atoms with E-state index in [1.165, 1.54) is 6.20 Å². The third-order valence-corrected chi connectivity index (χ3v) is 7.83. The molecule has 0 saturated carbocycles. The van der Waals surface area contributed by atoms with Crippen LogP contribution in [0.5, 0.6) is 0 Å². The lowest BCUT2D eigenvalue weighted by molar-refractivity contribution is -0.136. The molecule has 0 aliphatic carbocycles. The number of sulfone groups is 1. The minimum absolute atomic E-state index is 0.0687. The van der Waals surface area contributed by atoms with Gasteiger partial charge in [-0.1, -0.05) is 11.6 Å².